The van der Waals surface area contributed by atoms with Crippen LogP contribution in [0.25, 0.3) is 10.6 Å². The Hall–Kier alpha value is -3.56. The predicted octanol–water partition coefficient (Wildman–Crippen LogP) is 4.45. The first kappa shape index (κ1) is 20.3. The van der Waals surface area contributed by atoms with Crippen LogP contribution in [0, 0.1) is 0 Å². The molecular formula is C22H18ClN7OS. The van der Waals surface area contributed by atoms with Crippen molar-refractivity contribution in [3.05, 3.63) is 70.5 Å². The number of rotatable bonds is 6. The third kappa shape index (κ3) is 4.25. The quantitative estimate of drug-likeness (QED) is 0.440. The highest BCUT2D eigenvalue weighted by atomic mass is 35.5. The minimum absolute atomic E-state index is 0.107. The lowest BCUT2D eigenvalue weighted by Gasteiger charge is -2.08. The average Bonchev–Trinajstić information content (AvgIpc) is 3.52. The number of aromatic nitrogens is 4. The molecule has 4 aromatic rings. The second-order valence-electron chi connectivity index (χ2n) is 7.34. The molecule has 5 rings (SSSR count). The minimum Gasteiger partial charge on any atom is -0.329 e. The second-order valence-corrected chi connectivity index (χ2v) is 8.69. The highest BCUT2D eigenvalue weighted by Gasteiger charge is 2.15. The van der Waals surface area contributed by atoms with Gasteiger partial charge in [-0.2, -0.15) is 5.10 Å². The average molecular weight is 464 g/mol. The molecule has 0 aliphatic carbocycles. The third-order valence-corrected chi connectivity index (χ3v) is 6.23. The molecule has 1 aliphatic heterocycles. The van der Waals surface area contributed by atoms with E-state index in [1.165, 1.54) is 11.3 Å². The van der Waals surface area contributed by atoms with Crippen LogP contribution in [0.1, 0.15) is 16.7 Å². The Morgan fingerprint density at radius 1 is 1.25 bits per heavy atom. The van der Waals surface area contributed by atoms with Crippen molar-refractivity contribution in [2.75, 3.05) is 10.6 Å². The van der Waals surface area contributed by atoms with Gasteiger partial charge in [0.1, 0.15) is 5.01 Å². The molecule has 32 heavy (non-hydrogen) atoms. The Kier molecular flexibility index (Phi) is 5.42. The van der Waals surface area contributed by atoms with Crippen molar-refractivity contribution in [3.63, 3.8) is 0 Å². The molecule has 160 valence electrons. The highest BCUT2D eigenvalue weighted by Crippen LogP contribution is 2.35. The van der Waals surface area contributed by atoms with Crippen LogP contribution < -0.4 is 10.6 Å². The van der Waals surface area contributed by atoms with Gasteiger partial charge in [0.05, 0.1) is 29.9 Å². The molecule has 0 unspecified atom stereocenters. The van der Waals surface area contributed by atoms with Gasteiger partial charge in [-0.25, -0.2) is 0 Å². The molecule has 0 atom stereocenters. The Morgan fingerprint density at radius 2 is 2.16 bits per heavy atom. The molecule has 2 aromatic heterocycles. The fraction of sp³-hybridized carbons (Fsp3) is 0.136. The van der Waals surface area contributed by atoms with Crippen molar-refractivity contribution in [2.45, 2.75) is 13.0 Å². The zero-order chi connectivity index (χ0) is 22.1. The number of anilines is 3. The molecule has 2 aromatic carbocycles. The van der Waals surface area contributed by atoms with E-state index in [0.29, 0.717) is 22.4 Å². The number of amides is 1. The number of aliphatic imine (C=N–C) groups is 1. The molecule has 0 radical (unpaired) electrons. The normalized spacial score (nSPS) is 12.1. The van der Waals surface area contributed by atoms with Crippen LogP contribution in [0.3, 0.4) is 0 Å². The summed E-state index contributed by atoms with van der Waals surface area (Å²) in [5, 5.41) is 20.8. The summed E-state index contributed by atoms with van der Waals surface area (Å²) in [7, 11) is 1.82. The summed E-state index contributed by atoms with van der Waals surface area (Å²) >= 11 is 7.92. The van der Waals surface area contributed by atoms with Crippen LogP contribution in [-0.4, -0.2) is 32.1 Å². The lowest BCUT2D eigenvalue weighted by Crippen LogP contribution is -2.14. The van der Waals surface area contributed by atoms with Gasteiger partial charge in [0.25, 0.3) is 0 Å². The first-order chi connectivity index (χ1) is 15.5. The Balaban J connectivity index is 1.29. The van der Waals surface area contributed by atoms with E-state index in [4.69, 9.17) is 11.6 Å². The lowest BCUT2D eigenvalue weighted by atomic mass is 10.1. The number of aryl methyl sites for hydroxylation is 1. The molecule has 1 aliphatic rings. The number of benzene rings is 2. The molecule has 2 N–H and O–H groups in total. The van der Waals surface area contributed by atoms with Gasteiger partial charge >= 0.3 is 0 Å². The number of nitrogens with one attached hydrogen (secondary N) is 2. The van der Waals surface area contributed by atoms with E-state index in [1.807, 2.05) is 49.6 Å². The van der Waals surface area contributed by atoms with E-state index >= 15 is 0 Å². The maximum absolute atomic E-state index is 12.4. The number of carbonyl (C=O) groups is 1. The fourth-order valence-electron chi connectivity index (χ4n) is 3.43. The van der Waals surface area contributed by atoms with E-state index in [0.717, 1.165) is 32.9 Å². The maximum atomic E-state index is 12.4. The maximum Gasteiger partial charge on any atom is 0.228 e. The van der Waals surface area contributed by atoms with Crippen LogP contribution >= 0.6 is 22.9 Å². The van der Waals surface area contributed by atoms with Crippen molar-refractivity contribution >= 4 is 51.6 Å². The highest BCUT2D eigenvalue weighted by molar-refractivity contribution is 7.18. The van der Waals surface area contributed by atoms with Crippen molar-refractivity contribution in [3.8, 4) is 10.6 Å². The molecule has 0 bridgehead atoms. The number of halogens is 1. The number of hydrogen-bond acceptors (Lipinski definition) is 7. The molecule has 0 saturated carbocycles. The van der Waals surface area contributed by atoms with Gasteiger partial charge in [-0.3, -0.25) is 14.5 Å². The van der Waals surface area contributed by atoms with E-state index in [2.05, 4.69) is 30.9 Å². The van der Waals surface area contributed by atoms with Gasteiger partial charge in [-0.1, -0.05) is 41.1 Å². The predicted molar refractivity (Wildman–Crippen MR) is 127 cm³/mol. The van der Waals surface area contributed by atoms with E-state index < -0.39 is 0 Å². The molecule has 8 nitrogen and oxygen atoms in total. The largest absolute Gasteiger partial charge is 0.329 e. The van der Waals surface area contributed by atoms with Crippen molar-refractivity contribution in [1.29, 1.82) is 0 Å². The Bertz CT molecular complexity index is 1340. The van der Waals surface area contributed by atoms with Gasteiger partial charge in [0.2, 0.25) is 11.0 Å². The third-order valence-electron chi connectivity index (χ3n) is 4.94. The molecular weight excluding hydrogens is 446 g/mol. The van der Waals surface area contributed by atoms with Gasteiger partial charge in [-0.15, -0.1) is 10.2 Å². The van der Waals surface area contributed by atoms with Crippen LogP contribution in [0.15, 0.2) is 53.8 Å². The molecule has 0 spiro atoms. The summed E-state index contributed by atoms with van der Waals surface area (Å²) in [6.45, 7) is 0.660. The Labute approximate surface area is 193 Å². The van der Waals surface area contributed by atoms with Crippen molar-refractivity contribution < 1.29 is 4.79 Å². The van der Waals surface area contributed by atoms with E-state index in [9.17, 15) is 4.79 Å². The summed E-state index contributed by atoms with van der Waals surface area (Å²) in [5.41, 5.74) is 5.23. The van der Waals surface area contributed by atoms with Crippen molar-refractivity contribution in [1.82, 2.24) is 20.0 Å². The molecule has 1 amide bonds. The van der Waals surface area contributed by atoms with Gasteiger partial charge in [0.15, 0.2) is 0 Å². The number of fused-ring (bicyclic) bond motifs is 1. The number of carbonyl (C=O) groups excluding carboxylic acids is 1. The monoisotopic (exact) mass is 463 g/mol. The van der Waals surface area contributed by atoms with Crippen LogP contribution in [0.2, 0.25) is 5.02 Å². The number of nitrogens with zero attached hydrogens (tertiary/aromatic N) is 5. The van der Waals surface area contributed by atoms with Gasteiger partial charge in [-0.05, 0) is 29.3 Å². The van der Waals surface area contributed by atoms with E-state index in [-0.39, 0.29) is 12.3 Å². The smallest absolute Gasteiger partial charge is 0.228 e. The fourth-order valence-corrected chi connectivity index (χ4v) is 4.46. The summed E-state index contributed by atoms with van der Waals surface area (Å²) in [5.74, 6) is -0.107. The van der Waals surface area contributed by atoms with Crippen molar-refractivity contribution in [2.24, 2.45) is 12.0 Å². The molecule has 3 heterocycles. The van der Waals surface area contributed by atoms with Crippen LogP contribution in [-0.2, 0) is 24.8 Å². The van der Waals surface area contributed by atoms with Gasteiger partial charge in [0, 0.05) is 36.3 Å². The zero-order valence-corrected chi connectivity index (χ0v) is 18.6. The molecule has 0 fully saturated rings. The topological polar surface area (TPSA) is 97.1 Å². The summed E-state index contributed by atoms with van der Waals surface area (Å²) in [6.07, 6.45) is 5.57. The second kappa shape index (κ2) is 8.52. The van der Waals surface area contributed by atoms with E-state index in [1.54, 1.807) is 17.1 Å². The van der Waals surface area contributed by atoms with Crippen LogP contribution in [0.4, 0.5) is 16.5 Å². The summed E-state index contributed by atoms with van der Waals surface area (Å²) in [4.78, 5) is 16.6. The SMILES string of the molecule is Cn1cc(CC(=O)Nc2cccc(-c3nnc(Nc4ccc5c(c4Cl)C=NC5)s3)c2)cn1. The lowest BCUT2D eigenvalue weighted by molar-refractivity contribution is -0.115. The first-order valence-corrected chi connectivity index (χ1v) is 11.0. The van der Waals surface area contributed by atoms with Crippen LogP contribution in [0.5, 0.6) is 0 Å². The molecule has 0 saturated heterocycles. The summed E-state index contributed by atoms with van der Waals surface area (Å²) in [6, 6.07) is 11.5. The number of hydrogen-bond donors (Lipinski definition) is 2. The summed E-state index contributed by atoms with van der Waals surface area (Å²) < 4.78 is 1.67. The standard InChI is InChI=1S/C22H18ClN7OS/c1-30-12-13(9-25-30)7-19(31)26-16-4-2-3-14(8-16)21-28-29-22(32-21)27-18-6-5-15-10-24-11-17(15)20(18)23/h2-6,8-9,11-12H,7,10H2,1H3,(H,26,31)(H,27,29). The van der Waals surface area contributed by atoms with Gasteiger partial charge < -0.3 is 10.6 Å². The molecule has 10 heteroatoms. The minimum atomic E-state index is -0.107. The first-order valence-electron chi connectivity index (χ1n) is 9.85. The zero-order valence-electron chi connectivity index (χ0n) is 17.0. The Morgan fingerprint density at radius 3 is 3.00 bits per heavy atom.